The number of imide groups is 1. The van der Waals surface area contributed by atoms with Crippen LogP contribution in [0.2, 0.25) is 0 Å². The van der Waals surface area contributed by atoms with Gasteiger partial charge in [-0.15, -0.1) is 11.3 Å². The molecule has 8 nitrogen and oxygen atoms in total. The van der Waals surface area contributed by atoms with Crippen LogP contribution >= 0.6 is 11.3 Å². The average Bonchev–Trinajstić information content (AvgIpc) is 3.29. The van der Waals surface area contributed by atoms with Crippen LogP contribution in [0.4, 0.5) is 4.79 Å². The first-order chi connectivity index (χ1) is 12.9. The van der Waals surface area contributed by atoms with E-state index in [1.54, 1.807) is 11.3 Å². The number of piperidine rings is 1. The van der Waals surface area contributed by atoms with Gasteiger partial charge in [0.05, 0.1) is 5.69 Å². The molecule has 4 amide bonds. The zero-order valence-corrected chi connectivity index (χ0v) is 16.3. The van der Waals surface area contributed by atoms with E-state index in [0.29, 0.717) is 25.4 Å². The van der Waals surface area contributed by atoms with Gasteiger partial charge in [0.2, 0.25) is 5.91 Å². The number of carbonyl (C=O) groups excluding carboxylic acids is 3. The molecule has 0 saturated carbocycles. The molecule has 2 N–H and O–H groups in total. The largest absolute Gasteiger partial charge is 0.343 e. The van der Waals surface area contributed by atoms with Crippen LogP contribution in [-0.4, -0.2) is 51.3 Å². The number of rotatable bonds is 4. The zero-order valence-electron chi connectivity index (χ0n) is 15.4. The lowest BCUT2D eigenvalue weighted by Gasteiger charge is -2.31. The monoisotopic (exact) mass is 389 g/mol. The second-order valence-electron chi connectivity index (χ2n) is 7.27. The first-order valence-corrected chi connectivity index (χ1v) is 10.1. The summed E-state index contributed by atoms with van der Waals surface area (Å²) >= 11 is 1.73. The maximum Gasteiger partial charge on any atom is 0.322 e. The molecule has 2 aromatic rings. The van der Waals surface area contributed by atoms with E-state index in [-0.39, 0.29) is 18.2 Å². The SMILES string of the molecule is Cc1csc2c(C3CCN(C(=O)CC[C@H]4NC(=O)NC4=O)CC3)nc(C)n12. The summed E-state index contributed by atoms with van der Waals surface area (Å²) < 4.78 is 2.21. The Morgan fingerprint density at radius 1 is 1.30 bits per heavy atom. The Kier molecular flexibility index (Phi) is 4.63. The van der Waals surface area contributed by atoms with Crippen LogP contribution < -0.4 is 10.6 Å². The maximum absolute atomic E-state index is 12.5. The molecule has 4 heterocycles. The van der Waals surface area contributed by atoms with Gasteiger partial charge in [-0.25, -0.2) is 9.78 Å². The number of hydrogen-bond donors (Lipinski definition) is 2. The molecule has 4 rings (SSSR count). The van der Waals surface area contributed by atoms with E-state index in [2.05, 4.69) is 27.3 Å². The van der Waals surface area contributed by atoms with Crippen LogP contribution in [0.15, 0.2) is 5.38 Å². The molecule has 0 bridgehead atoms. The maximum atomic E-state index is 12.5. The number of aromatic nitrogens is 2. The number of amides is 4. The summed E-state index contributed by atoms with van der Waals surface area (Å²) in [5, 5.41) is 6.88. The van der Waals surface area contributed by atoms with E-state index in [4.69, 9.17) is 4.98 Å². The van der Waals surface area contributed by atoms with Gasteiger partial charge in [0.15, 0.2) is 0 Å². The van der Waals surface area contributed by atoms with E-state index in [0.717, 1.165) is 24.4 Å². The summed E-state index contributed by atoms with van der Waals surface area (Å²) in [4.78, 5) is 43.0. The molecule has 27 heavy (non-hydrogen) atoms. The lowest BCUT2D eigenvalue weighted by molar-refractivity contribution is -0.132. The number of nitrogens with zero attached hydrogens (tertiary/aromatic N) is 3. The fourth-order valence-corrected chi connectivity index (χ4v) is 5.11. The third-order valence-corrected chi connectivity index (χ3v) is 6.54. The van der Waals surface area contributed by atoms with Crippen LogP contribution in [-0.2, 0) is 9.59 Å². The normalized spacial score (nSPS) is 21.0. The molecule has 2 saturated heterocycles. The molecule has 1 atom stereocenters. The van der Waals surface area contributed by atoms with E-state index in [1.807, 2.05) is 11.8 Å². The van der Waals surface area contributed by atoms with Gasteiger partial charge in [-0.3, -0.25) is 19.3 Å². The van der Waals surface area contributed by atoms with Crippen molar-refractivity contribution in [3.63, 3.8) is 0 Å². The third kappa shape index (κ3) is 3.31. The van der Waals surface area contributed by atoms with Gasteiger partial charge in [-0.05, 0) is 33.1 Å². The Bertz CT molecular complexity index is 910. The minimum atomic E-state index is -0.595. The Labute approximate surface area is 160 Å². The van der Waals surface area contributed by atoms with E-state index in [1.165, 1.54) is 10.5 Å². The summed E-state index contributed by atoms with van der Waals surface area (Å²) in [7, 11) is 0. The molecule has 9 heteroatoms. The second-order valence-corrected chi connectivity index (χ2v) is 8.13. The quantitative estimate of drug-likeness (QED) is 0.778. The highest BCUT2D eigenvalue weighted by atomic mass is 32.1. The van der Waals surface area contributed by atoms with Gasteiger partial charge < -0.3 is 10.2 Å². The third-order valence-electron chi connectivity index (χ3n) is 5.46. The number of hydrogen-bond acceptors (Lipinski definition) is 5. The Hall–Kier alpha value is -2.42. The smallest absolute Gasteiger partial charge is 0.322 e. The van der Waals surface area contributed by atoms with Crippen molar-refractivity contribution in [1.29, 1.82) is 0 Å². The van der Waals surface area contributed by atoms with Gasteiger partial charge in [0, 0.05) is 36.5 Å². The Balaban J connectivity index is 1.34. The predicted octanol–water partition coefficient (Wildman–Crippen LogP) is 1.71. The van der Waals surface area contributed by atoms with Crippen molar-refractivity contribution >= 4 is 34.0 Å². The van der Waals surface area contributed by atoms with Crippen LogP contribution in [0.25, 0.3) is 4.83 Å². The molecule has 2 aliphatic rings. The van der Waals surface area contributed by atoms with Crippen molar-refractivity contribution in [1.82, 2.24) is 24.9 Å². The van der Waals surface area contributed by atoms with Crippen molar-refractivity contribution in [3.05, 3.63) is 22.6 Å². The molecular formula is C18H23N5O3S. The zero-order chi connectivity index (χ0) is 19.1. The molecule has 144 valence electrons. The van der Waals surface area contributed by atoms with Gasteiger partial charge >= 0.3 is 6.03 Å². The van der Waals surface area contributed by atoms with Crippen molar-refractivity contribution in [2.75, 3.05) is 13.1 Å². The number of thiazole rings is 1. The number of nitrogens with one attached hydrogen (secondary N) is 2. The highest BCUT2D eigenvalue weighted by molar-refractivity contribution is 7.15. The molecule has 0 radical (unpaired) electrons. The van der Waals surface area contributed by atoms with Gasteiger partial charge in [-0.2, -0.15) is 0 Å². The van der Waals surface area contributed by atoms with E-state index < -0.39 is 12.1 Å². The minimum absolute atomic E-state index is 0.0422. The number of urea groups is 1. The topological polar surface area (TPSA) is 95.8 Å². The molecule has 0 unspecified atom stereocenters. The summed E-state index contributed by atoms with van der Waals surface area (Å²) in [6.45, 7) is 5.54. The Morgan fingerprint density at radius 3 is 2.70 bits per heavy atom. The van der Waals surface area contributed by atoms with Crippen LogP contribution in [0.3, 0.4) is 0 Å². The summed E-state index contributed by atoms with van der Waals surface area (Å²) in [6, 6.07) is -1.08. The summed E-state index contributed by atoms with van der Waals surface area (Å²) in [6.07, 6.45) is 2.40. The average molecular weight is 389 g/mol. The molecule has 2 aromatic heterocycles. The first-order valence-electron chi connectivity index (χ1n) is 9.26. The van der Waals surface area contributed by atoms with Crippen LogP contribution in [0.5, 0.6) is 0 Å². The molecule has 0 aromatic carbocycles. The van der Waals surface area contributed by atoms with Crippen molar-refractivity contribution < 1.29 is 14.4 Å². The number of aryl methyl sites for hydroxylation is 2. The molecule has 2 aliphatic heterocycles. The summed E-state index contributed by atoms with van der Waals surface area (Å²) in [5.41, 5.74) is 2.37. The molecular weight excluding hydrogens is 366 g/mol. The molecule has 2 fully saturated rings. The second kappa shape index (κ2) is 6.95. The lowest BCUT2D eigenvalue weighted by atomic mass is 9.93. The van der Waals surface area contributed by atoms with Crippen LogP contribution in [0, 0.1) is 13.8 Å². The molecule has 0 aliphatic carbocycles. The lowest BCUT2D eigenvalue weighted by Crippen LogP contribution is -2.39. The van der Waals surface area contributed by atoms with Gasteiger partial charge in [0.25, 0.3) is 5.91 Å². The Morgan fingerprint density at radius 2 is 2.04 bits per heavy atom. The number of carbonyl (C=O) groups is 3. The van der Waals surface area contributed by atoms with Crippen molar-refractivity contribution in [2.45, 2.75) is 51.5 Å². The van der Waals surface area contributed by atoms with E-state index >= 15 is 0 Å². The van der Waals surface area contributed by atoms with Crippen molar-refractivity contribution in [3.8, 4) is 0 Å². The fraction of sp³-hybridized carbons (Fsp3) is 0.556. The van der Waals surface area contributed by atoms with E-state index in [9.17, 15) is 14.4 Å². The number of likely N-dealkylation sites (tertiary alicyclic amines) is 1. The molecule has 0 spiro atoms. The summed E-state index contributed by atoms with van der Waals surface area (Å²) in [5.74, 6) is 1.09. The highest BCUT2D eigenvalue weighted by Crippen LogP contribution is 2.34. The standard InChI is InChI=1S/C18H23N5O3S/c1-10-9-27-17-15(19-11(2)23(10)17)12-5-7-22(8-6-12)14(24)4-3-13-16(25)21-18(26)20-13/h9,12-13H,3-8H2,1-2H3,(H2,20,21,25,26)/t13-/m1/s1. The van der Waals surface area contributed by atoms with Crippen molar-refractivity contribution in [2.24, 2.45) is 0 Å². The highest BCUT2D eigenvalue weighted by Gasteiger charge is 2.31. The number of imidazole rings is 1. The first kappa shape index (κ1) is 18.0. The van der Waals surface area contributed by atoms with Gasteiger partial charge in [-0.1, -0.05) is 0 Å². The van der Waals surface area contributed by atoms with Gasteiger partial charge in [0.1, 0.15) is 16.7 Å². The fourth-order valence-electron chi connectivity index (χ4n) is 4.01. The predicted molar refractivity (Wildman–Crippen MR) is 101 cm³/mol. The van der Waals surface area contributed by atoms with Crippen LogP contribution in [0.1, 0.15) is 48.8 Å². The number of fused-ring (bicyclic) bond motifs is 1. The minimum Gasteiger partial charge on any atom is -0.343 e.